The van der Waals surface area contributed by atoms with Crippen LogP contribution in [0, 0.1) is 0 Å². The van der Waals surface area contributed by atoms with Crippen molar-refractivity contribution >= 4 is 17.7 Å². The first-order valence-corrected chi connectivity index (χ1v) is 9.32. The molecule has 0 saturated carbocycles. The maximum atomic E-state index is 5.07. The highest BCUT2D eigenvalue weighted by molar-refractivity contribution is 8.00. The molecule has 0 aliphatic carbocycles. The summed E-state index contributed by atoms with van der Waals surface area (Å²) in [7, 11) is 1.61. The van der Waals surface area contributed by atoms with Crippen LogP contribution in [0.4, 0.5) is 0 Å². The number of aromatic nitrogens is 1. The van der Waals surface area contributed by atoms with E-state index in [1.54, 1.807) is 13.3 Å². The number of nitrogens with one attached hydrogen (secondary N) is 2. The zero-order valence-corrected chi connectivity index (χ0v) is 15.8. The lowest BCUT2D eigenvalue weighted by Gasteiger charge is -2.15. The first kappa shape index (κ1) is 19.1. The van der Waals surface area contributed by atoms with Crippen LogP contribution in [-0.2, 0) is 6.54 Å². The third-order valence-electron chi connectivity index (χ3n) is 3.41. The predicted octanol–water partition coefficient (Wildman–Crippen LogP) is 3.33. The van der Waals surface area contributed by atoms with E-state index < -0.39 is 0 Å². The number of ether oxygens (including phenoxy) is 1. The molecule has 1 aromatic carbocycles. The molecule has 0 radical (unpaired) electrons. The van der Waals surface area contributed by atoms with Gasteiger partial charge in [-0.05, 0) is 24.6 Å². The topological polar surface area (TPSA) is 58.5 Å². The molecular formula is C19H26N4OS. The van der Waals surface area contributed by atoms with Crippen LogP contribution in [0.3, 0.4) is 0 Å². The van der Waals surface area contributed by atoms with Gasteiger partial charge in [-0.1, -0.05) is 31.2 Å². The van der Waals surface area contributed by atoms with Crippen molar-refractivity contribution in [1.82, 2.24) is 15.6 Å². The normalized spacial score (nSPS) is 12.5. The largest absolute Gasteiger partial charge is 0.481 e. The quantitative estimate of drug-likeness (QED) is 0.431. The van der Waals surface area contributed by atoms with Gasteiger partial charge in [0.2, 0.25) is 5.88 Å². The Morgan fingerprint density at radius 3 is 2.64 bits per heavy atom. The highest BCUT2D eigenvalue weighted by Gasteiger charge is 2.06. The smallest absolute Gasteiger partial charge is 0.212 e. The Hall–Kier alpha value is -2.21. The van der Waals surface area contributed by atoms with Gasteiger partial charge in [0.25, 0.3) is 0 Å². The van der Waals surface area contributed by atoms with E-state index in [-0.39, 0.29) is 0 Å². The third kappa shape index (κ3) is 7.05. The third-order valence-corrected chi connectivity index (χ3v) is 4.52. The maximum absolute atomic E-state index is 5.07. The van der Waals surface area contributed by atoms with Gasteiger partial charge in [0.15, 0.2) is 5.96 Å². The lowest BCUT2D eigenvalue weighted by atomic mass is 10.3. The van der Waals surface area contributed by atoms with Gasteiger partial charge in [0.05, 0.1) is 13.7 Å². The molecule has 1 atom stereocenters. The number of thioether (sulfide) groups is 1. The van der Waals surface area contributed by atoms with Crippen LogP contribution in [0.1, 0.15) is 19.4 Å². The van der Waals surface area contributed by atoms with Crippen molar-refractivity contribution in [2.45, 2.75) is 30.5 Å². The molecule has 1 heterocycles. The minimum Gasteiger partial charge on any atom is -0.481 e. The number of methoxy groups -OCH3 is 1. The fraction of sp³-hybridized carbons (Fsp3) is 0.368. The fourth-order valence-corrected chi connectivity index (χ4v) is 3.10. The van der Waals surface area contributed by atoms with Crippen molar-refractivity contribution in [2.75, 3.05) is 20.2 Å². The molecule has 25 heavy (non-hydrogen) atoms. The molecule has 0 aliphatic rings. The van der Waals surface area contributed by atoms with Crippen LogP contribution < -0.4 is 15.4 Å². The van der Waals surface area contributed by atoms with Gasteiger partial charge in [0, 0.05) is 35.5 Å². The van der Waals surface area contributed by atoms with Gasteiger partial charge < -0.3 is 15.4 Å². The Bertz CT molecular complexity index is 646. The number of aliphatic imine (C=N–C) groups is 1. The summed E-state index contributed by atoms with van der Waals surface area (Å²) in [5, 5.41) is 7.12. The van der Waals surface area contributed by atoms with Crippen molar-refractivity contribution in [3.8, 4) is 5.88 Å². The number of rotatable bonds is 8. The van der Waals surface area contributed by atoms with Crippen LogP contribution in [-0.4, -0.2) is 36.4 Å². The Labute approximate surface area is 154 Å². The van der Waals surface area contributed by atoms with Gasteiger partial charge in [0.1, 0.15) is 0 Å². The van der Waals surface area contributed by atoms with Crippen molar-refractivity contribution in [3.63, 3.8) is 0 Å². The second-order valence-electron chi connectivity index (χ2n) is 5.53. The number of hydrogen-bond donors (Lipinski definition) is 2. The molecule has 0 fully saturated rings. The van der Waals surface area contributed by atoms with Crippen LogP contribution >= 0.6 is 11.8 Å². The van der Waals surface area contributed by atoms with Crippen molar-refractivity contribution in [2.24, 2.45) is 4.99 Å². The zero-order chi connectivity index (χ0) is 17.9. The van der Waals surface area contributed by atoms with E-state index in [4.69, 9.17) is 4.74 Å². The summed E-state index contributed by atoms with van der Waals surface area (Å²) in [6, 6.07) is 14.3. The Kier molecular flexibility index (Phi) is 8.12. The number of pyridine rings is 1. The predicted molar refractivity (Wildman–Crippen MR) is 105 cm³/mol. The first-order valence-electron chi connectivity index (χ1n) is 8.44. The van der Waals surface area contributed by atoms with Crippen molar-refractivity contribution < 1.29 is 4.74 Å². The minimum atomic E-state index is 0.439. The van der Waals surface area contributed by atoms with E-state index in [0.717, 1.165) is 24.6 Å². The van der Waals surface area contributed by atoms with E-state index in [1.807, 2.05) is 30.0 Å². The summed E-state index contributed by atoms with van der Waals surface area (Å²) in [5.74, 6) is 1.43. The summed E-state index contributed by atoms with van der Waals surface area (Å²) < 4.78 is 5.07. The molecule has 1 unspecified atom stereocenters. The van der Waals surface area contributed by atoms with Crippen molar-refractivity contribution in [3.05, 3.63) is 54.2 Å². The molecular weight excluding hydrogens is 332 g/mol. The summed E-state index contributed by atoms with van der Waals surface area (Å²) in [6.07, 6.45) is 1.79. The molecule has 0 bridgehead atoms. The zero-order valence-electron chi connectivity index (χ0n) is 15.0. The van der Waals surface area contributed by atoms with Gasteiger partial charge in [-0.15, -0.1) is 11.8 Å². The lowest BCUT2D eigenvalue weighted by Crippen LogP contribution is -2.40. The van der Waals surface area contributed by atoms with E-state index >= 15 is 0 Å². The van der Waals surface area contributed by atoms with Gasteiger partial charge in [-0.2, -0.15) is 0 Å². The summed E-state index contributed by atoms with van der Waals surface area (Å²) in [6.45, 7) is 6.52. The number of guanidine groups is 1. The molecule has 1 aromatic heterocycles. The number of hydrogen-bond acceptors (Lipinski definition) is 4. The molecule has 0 aliphatic heterocycles. The Morgan fingerprint density at radius 2 is 2.00 bits per heavy atom. The first-order chi connectivity index (χ1) is 12.2. The highest BCUT2D eigenvalue weighted by Crippen LogP contribution is 2.21. The minimum absolute atomic E-state index is 0.439. The molecule has 2 aromatic rings. The van der Waals surface area contributed by atoms with E-state index in [2.05, 4.69) is 58.7 Å². The molecule has 2 rings (SSSR count). The summed E-state index contributed by atoms with van der Waals surface area (Å²) >= 11 is 1.85. The number of nitrogens with zero attached hydrogens (tertiary/aromatic N) is 2. The average Bonchev–Trinajstić information content (AvgIpc) is 2.65. The molecule has 5 nitrogen and oxygen atoms in total. The molecule has 0 saturated heterocycles. The molecule has 2 N–H and O–H groups in total. The van der Waals surface area contributed by atoms with Gasteiger partial charge in [-0.25, -0.2) is 9.98 Å². The van der Waals surface area contributed by atoms with Crippen LogP contribution in [0.15, 0.2) is 58.5 Å². The molecule has 6 heteroatoms. The van der Waals surface area contributed by atoms with Gasteiger partial charge in [-0.3, -0.25) is 0 Å². The van der Waals surface area contributed by atoms with Crippen LogP contribution in [0.25, 0.3) is 0 Å². The fourth-order valence-electron chi connectivity index (χ4n) is 2.15. The van der Waals surface area contributed by atoms with E-state index in [1.165, 1.54) is 4.90 Å². The highest BCUT2D eigenvalue weighted by atomic mass is 32.2. The Balaban J connectivity index is 1.86. The molecule has 134 valence electrons. The van der Waals surface area contributed by atoms with E-state index in [9.17, 15) is 0 Å². The van der Waals surface area contributed by atoms with Crippen LogP contribution in [0.2, 0.25) is 0 Å². The monoisotopic (exact) mass is 358 g/mol. The SMILES string of the molecule is CCNC(=NCc1ccc(OC)nc1)NCC(C)Sc1ccccc1. The van der Waals surface area contributed by atoms with Crippen molar-refractivity contribution in [1.29, 1.82) is 0 Å². The molecule has 0 amide bonds. The summed E-state index contributed by atoms with van der Waals surface area (Å²) in [5.41, 5.74) is 1.05. The second kappa shape index (κ2) is 10.6. The maximum Gasteiger partial charge on any atom is 0.212 e. The lowest BCUT2D eigenvalue weighted by molar-refractivity contribution is 0.397. The Morgan fingerprint density at radius 1 is 1.20 bits per heavy atom. The van der Waals surface area contributed by atoms with Crippen LogP contribution in [0.5, 0.6) is 5.88 Å². The van der Waals surface area contributed by atoms with Gasteiger partial charge >= 0.3 is 0 Å². The average molecular weight is 359 g/mol. The standard InChI is InChI=1S/C19H26N4OS/c1-4-20-19(23-14-16-10-11-18(24-3)21-13-16)22-12-15(2)25-17-8-6-5-7-9-17/h5-11,13,15H,4,12,14H2,1-3H3,(H2,20,22,23). The number of benzene rings is 1. The van der Waals surface area contributed by atoms with E-state index in [0.29, 0.717) is 17.7 Å². The second-order valence-corrected chi connectivity index (χ2v) is 7.04. The molecule has 0 spiro atoms. The summed E-state index contributed by atoms with van der Waals surface area (Å²) in [4.78, 5) is 10.1.